The van der Waals surface area contributed by atoms with Gasteiger partial charge in [-0.2, -0.15) is 18.4 Å². The Kier molecular flexibility index (Phi) is 9.94. The first kappa shape index (κ1) is 41.8. The van der Waals surface area contributed by atoms with Gasteiger partial charge in [-0.1, -0.05) is 121 Å². The van der Waals surface area contributed by atoms with Gasteiger partial charge in [0.25, 0.3) is 0 Å². The van der Waals surface area contributed by atoms with E-state index < -0.39 is 11.7 Å². The van der Waals surface area contributed by atoms with Crippen molar-refractivity contribution in [2.24, 2.45) is 0 Å². The maximum atomic E-state index is 14.8. The van der Waals surface area contributed by atoms with Gasteiger partial charge in [0.15, 0.2) is 5.69 Å². The van der Waals surface area contributed by atoms with Gasteiger partial charge in [-0.05, 0) is 96.6 Å². The van der Waals surface area contributed by atoms with Crippen LogP contribution in [0.25, 0.3) is 116 Å². The summed E-state index contributed by atoms with van der Waals surface area (Å²) in [6, 6.07) is 69.3. The van der Waals surface area contributed by atoms with Crippen molar-refractivity contribution in [2.45, 2.75) is 6.18 Å². The highest BCUT2D eigenvalue weighted by molar-refractivity contribution is 6.12. The summed E-state index contributed by atoms with van der Waals surface area (Å²) in [4.78, 5) is 13.6. The lowest BCUT2D eigenvalue weighted by Gasteiger charge is -2.20. The van der Waals surface area contributed by atoms with E-state index in [4.69, 9.17) is 16.5 Å². The van der Waals surface area contributed by atoms with Gasteiger partial charge in [-0.15, -0.1) is 0 Å². The van der Waals surface area contributed by atoms with Crippen LogP contribution in [0.3, 0.4) is 0 Å². The predicted octanol–water partition coefficient (Wildman–Crippen LogP) is 16.4. The normalized spacial score (nSPS) is 11.6. The van der Waals surface area contributed by atoms with E-state index in [-0.39, 0.29) is 11.3 Å². The minimum Gasteiger partial charge on any atom is -0.309 e. The molecule has 70 heavy (non-hydrogen) atoms. The summed E-state index contributed by atoms with van der Waals surface area (Å²) in [5.74, 6) is 0. The van der Waals surface area contributed by atoms with E-state index in [0.29, 0.717) is 22.5 Å². The van der Waals surface area contributed by atoms with Gasteiger partial charge >= 0.3 is 6.18 Å². The highest BCUT2D eigenvalue weighted by Gasteiger charge is 2.32. The molecule has 0 saturated heterocycles. The second-order valence-electron chi connectivity index (χ2n) is 17.1. The van der Waals surface area contributed by atoms with Gasteiger partial charge in [-0.25, -0.2) is 14.8 Å². The third-order valence-corrected chi connectivity index (χ3v) is 13.0. The summed E-state index contributed by atoms with van der Waals surface area (Å²) in [7, 11) is 0. The lowest BCUT2D eigenvalue weighted by Crippen LogP contribution is -2.06. The fraction of sp³-hybridized carbons (Fsp3) is 0.0164. The third kappa shape index (κ3) is 7.13. The third-order valence-electron chi connectivity index (χ3n) is 13.0. The average molecular weight is 909 g/mol. The molecule has 4 heterocycles. The van der Waals surface area contributed by atoms with E-state index in [0.717, 1.165) is 101 Å². The van der Waals surface area contributed by atoms with Crippen molar-refractivity contribution in [3.05, 3.63) is 235 Å². The van der Waals surface area contributed by atoms with Gasteiger partial charge in [0.2, 0.25) is 0 Å². The molecule has 0 radical (unpaired) electrons. The molecule has 0 aliphatic carbocycles. The van der Waals surface area contributed by atoms with E-state index in [1.165, 1.54) is 6.07 Å². The number of pyridine rings is 2. The van der Waals surface area contributed by atoms with Gasteiger partial charge in [0.1, 0.15) is 6.07 Å². The summed E-state index contributed by atoms with van der Waals surface area (Å²) in [5, 5.41) is 14.8. The molecule has 0 aliphatic heterocycles. The number of fused-ring (bicyclic) bond motifs is 6. The number of hydrogen-bond donors (Lipinski definition) is 0. The molecular weight excluding hydrogens is 874 g/mol. The second-order valence-corrected chi connectivity index (χ2v) is 17.1. The van der Waals surface area contributed by atoms with Gasteiger partial charge < -0.3 is 9.13 Å². The molecule has 0 fully saturated rings. The van der Waals surface area contributed by atoms with E-state index in [1.54, 1.807) is 12.1 Å². The summed E-state index contributed by atoms with van der Waals surface area (Å²) < 4.78 is 48.3. The van der Waals surface area contributed by atoms with Crippen LogP contribution in [0.4, 0.5) is 18.9 Å². The number of para-hydroxylation sites is 2. The molecule has 6 nitrogen and oxygen atoms in total. The SMILES string of the molecule is [C-]#[N+]c1cc(-c2cc(-n3c4ccccc4c4cc(-c5cccc(-c6ccccc6)n5)ccc43)c(C#N)cc2-n2c3ccccc3c3cc(-c4cccc(-c5ccccc5)n4)ccc32)cc(C(F)(F)F)c1. The van der Waals surface area contributed by atoms with Crippen LogP contribution in [0.1, 0.15) is 11.1 Å². The fourth-order valence-corrected chi connectivity index (χ4v) is 9.78. The molecular formula is C61H35F3N6. The Balaban J connectivity index is 1.10. The molecule has 9 heteroatoms. The Morgan fingerprint density at radius 1 is 0.429 bits per heavy atom. The number of hydrogen-bond acceptors (Lipinski definition) is 3. The first-order valence-corrected chi connectivity index (χ1v) is 22.6. The van der Waals surface area contributed by atoms with Gasteiger partial charge in [0.05, 0.1) is 68.4 Å². The highest BCUT2D eigenvalue weighted by atomic mass is 19.4. The minimum atomic E-state index is -4.74. The molecule has 0 aliphatic rings. The van der Waals surface area contributed by atoms with Crippen LogP contribution >= 0.6 is 0 Å². The van der Waals surface area contributed by atoms with Crippen molar-refractivity contribution >= 4 is 49.3 Å². The van der Waals surface area contributed by atoms with Crippen LogP contribution in [0, 0.1) is 17.9 Å². The molecule has 12 rings (SSSR count). The van der Waals surface area contributed by atoms with E-state index in [2.05, 4.69) is 23.0 Å². The summed E-state index contributed by atoms with van der Waals surface area (Å²) >= 11 is 0. The van der Waals surface area contributed by atoms with E-state index in [1.807, 2.05) is 179 Å². The van der Waals surface area contributed by atoms with Crippen LogP contribution in [0.5, 0.6) is 0 Å². The number of aromatic nitrogens is 4. The second kappa shape index (κ2) is 16.6. The molecule has 330 valence electrons. The predicted molar refractivity (Wildman–Crippen MR) is 274 cm³/mol. The zero-order valence-electron chi connectivity index (χ0n) is 37.0. The smallest absolute Gasteiger partial charge is 0.309 e. The summed E-state index contributed by atoms with van der Waals surface area (Å²) in [5.41, 5.74) is 10.9. The molecule has 0 saturated carbocycles. The van der Waals surface area contributed by atoms with Crippen molar-refractivity contribution < 1.29 is 13.2 Å². The highest BCUT2D eigenvalue weighted by Crippen LogP contribution is 2.44. The zero-order valence-corrected chi connectivity index (χ0v) is 37.0. The quantitative estimate of drug-likeness (QED) is 0.150. The molecule has 0 amide bonds. The monoisotopic (exact) mass is 908 g/mol. The molecule has 8 aromatic carbocycles. The van der Waals surface area contributed by atoms with E-state index in [9.17, 15) is 18.4 Å². The zero-order chi connectivity index (χ0) is 47.5. The topological polar surface area (TPSA) is 63.8 Å². The lowest BCUT2D eigenvalue weighted by molar-refractivity contribution is -0.137. The van der Waals surface area contributed by atoms with Gasteiger partial charge in [-0.3, -0.25) is 0 Å². The van der Waals surface area contributed by atoms with Crippen molar-refractivity contribution in [1.29, 1.82) is 5.26 Å². The van der Waals surface area contributed by atoms with E-state index >= 15 is 0 Å². The lowest BCUT2D eigenvalue weighted by atomic mass is 9.97. The standard InChI is InChI=1S/C61H35F3N6/c1-66-45-31-42(30-44(35-45)61(62,63)64)48-36-59(69-55-24-10-8-18-46(55)49-32-40(26-28-57(49)69)53-22-12-20-51(67-53)38-14-4-2-5-15-38)43(37-65)34-60(48)70-56-25-11-9-19-47(56)50-33-41(27-29-58(50)70)54-23-13-21-52(68-54)39-16-6-3-7-17-39/h2-36H. The first-order valence-electron chi connectivity index (χ1n) is 22.6. The molecule has 0 N–H and O–H groups in total. The van der Waals surface area contributed by atoms with Crippen LogP contribution in [0.15, 0.2) is 212 Å². The average Bonchev–Trinajstić information content (AvgIpc) is 3.92. The fourth-order valence-electron chi connectivity index (χ4n) is 9.78. The molecule has 0 unspecified atom stereocenters. The number of halogens is 3. The van der Waals surface area contributed by atoms with Crippen molar-refractivity contribution in [3.8, 4) is 73.6 Å². The Bertz CT molecular complexity index is 4140. The minimum absolute atomic E-state index is 0.159. The number of rotatable bonds is 7. The van der Waals surface area contributed by atoms with Crippen LogP contribution < -0.4 is 0 Å². The number of benzene rings is 8. The Hall–Kier alpha value is -9.57. The maximum Gasteiger partial charge on any atom is 0.415 e. The first-order chi connectivity index (χ1) is 34.2. The summed E-state index contributed by atoms with van der Waals surface area (Å²) in [6.45, 7) is 7.90. The van der Waals surface area contributed by atoms with Crippen LogP contribution in [-0.2, 0) is 6.18 Å². The van der Waals surface area contributed by atoms with Crippen LogP contribution in [0.2, 0.25) is 0 Å². The van der Waals surface area contributed by atoms with Crippen LogP contribution in [-0.4, -0.2) is 19.1 Å². The van der Waals surface area contributed by atoms with Gasteiger partial charge in [0, 0.05) is 54.9 Å². The largest absolute Gasteiger partial charge is 0.415 e. The summed E-state index contributed by atoms with van der Waals surface area (Å²) in [6.07, 6.45) is -4.74. The number of nitriles is 1. The molecule has 0 spiro atoms. The maximum absolute atomic E-state index is 14.8. The van der Waals surface area contributed by atoms with Crippen molar-refractivity contribution in [2.75, 3.05) is 0 Å². The van der Waals surface area contributed by atoms with Crippen molar-refractivity contribution in [1.82, 2.24) is 19.1 Å². The number of nitrogens with zero attached hydrogens (tertiary/aromatic N) is 6. The Morgan fingerprint density at radius 3 is 1.40 bits per heavy atom. The molecule has 4 aromatic heterocycles. The Labute approximate surface area is 399 Å². The molecule has 12 aromatic rings. The molecule has 0 bridgehead atoms. The number of alkyl halides is 3. The molecule has 0 atom stereocenters. The Morgan fingerprint density at radius 2 is 0.900 bits per heavy atom. The van der Waals surface area contributed by atoms with Crippen molar-refractivity contribution in [3.63, 3.8) is 0 Å².